The summed E-state index contributed by atoms with van der Waals surface area (Å²) < 4.78 is 18.7. The van der Waals surface area contributed by atoms with Crippen molar-refractivity contribution in [3.8, 4) is 17.6 Å². The second-order valence-corrected chi connectivity index (χ2v) is 4.07. The van der Waals surface area contributed by atoms with Crippen LogP contribution in [0.25, 0.3) is 0 Å². The van der Waals surface area contributed by atoms with Gasteiger partial charge in [-0.2, -0.15) is 0 Å². The summed E-state index contributed by atoms with van der Waals surface area (Å²) in [6.07, 6.45) is 3.27. The number of ether oxygens (including phenoxy) is 1. The van der Waals surface area contributed by atoms with Crippen LogP contribution in [0, 0.1) is 23.6 Å². The zero-order chi connectivity index (χ0) is 12.1. The number of carbonyl (C=O) groups is 1. The molecule has 1 aliphatic carbocycles. The van der Waals surface area contributed by atoms with E-state index in [1.165, 1.54) is 25.0 Å². The number of hydrogen-bond donors (Lipinski definition) is 0. The van der Waals surface area contributed by atoms with Gasteiger partial charge in [0.2, 0.25) is 0 Å². The summed E-state index contributed by atoms with van der Waals surface area (Å²) >= 11 is 0. The van der Waals surface area contributed by atoms with Crippen LogP contribution in [-0.2, 0) is 4.79 Å². The minimum Gasteiger partial charge on any atom is -0.492 e. The Labute approximate surface area is 99.8 Å². The molecule has 0 radical (unpaired) electrons. The first-order chi connectivity index (χ1) is 8.29. The Kier molecular flexibility index (Phi) is 3.77. The first-order valence-electron chi connectivity index (χ1n) is 5.64. The first-order valence-corrected chi connectivity index (χ1v) is 5.64. The SMILES string of the molecule is O=CCC#Cc1cc(F)ccc1OCC1CC1. The van der Waals surface area contributed by atoms with Crippen LogP contribution in [0.3, 0.4) is 0 Å². The van der Waals surface area contributed by atoms with Crippen LogP contribution in [0.4, 0.5) is 4.39 Å². The van der Waals surface area contributed by atoms with Gasteiger partial charge in [-0.15, -0.1) is 0 Å². The van der Waals surface area contributed by atoms with E-state index in [9.17, 15) is 9.18 Å². The fourth-order valence-corrected chi connectivity index (χ4v) is 1.41. The van der Waals surface area contributed by atoms with E-state index in [0.717, 1.165) is 6.29 Å². The van der Waals surface area contributed by atoms with Gasteiger partial charge in [0.15, 0.2) is 0 Å². The van der Waals surface area contributed by atoms with Gasteiger partial charge in [-0.05, 0) is 37.0 Å². The molecule has 3 heteroatoms. The first kappa shape index (κ1) is 11.7. The van der Waals surface area contributed by atoms with E-state index in [1.807, 2.05) is 0 Å². The molecular weight excluding hydrogens is 219 g/mol. The average Bonchev–Trinajstić information content (AvgIpc) is 3.12. The van der Waals surface area contributed by atoms with Crippen LogP contribution in [0.2, 0.25) is 0 Å². The molecule has 0 saturated heterocycles. The van der Waals surface area contributed by atoms with Crippen LogP contribution in [0.15, 0.2) is 18.2 Å². The predicted octanol–water partition coefficient (Wildman–Crippen LogP) is 2.56. The Morgan fingerprint density at radius 3 is 3.00 bits per heavy atom. The minimum atomic E-state index is -0.348. The maximum absolute atomic E-state index is 13.1. The number of rotatable bonds is 4. The number of carbonyl (C=O) groups excluding carboxylic acids is 1. The predicted molar refractivity (Wildman–Crippen MR) is 62.2 cm³/mol. The van der Waals surface area contributed by atoms with Crippen molar-refractivity contribution in [1.29, 1.82) is 0 Å². The fraction of sp³-hybridized carbons (Fsp3) is 0.357. The largest absolute Gasteiger partial charge is 0.492 e. The summed E-state index contributed by atoms with van der Waals surface area (Å²) in [5, 5.41) is 0. The lowest BCUT2D eigenvalue weighted by Crippen LogP contribution is -2.00. The molecule has 88 valence electrons. The summed E-state index contributed by atoms with van der Waals surface area (Å²) in [6, 6.07) is 4.27. The van der Waals surface area contributed by atoms with Crippen molar-refractivity contribution in [3.63, 3.8) is 0 Å². The second-order valence-electron chi connectivity index (χ2n) is 4.07. The van der Waals surface area contributed by atoms with Crippen LogP contribution >= 0.6 is 0 Å². The Hall–Kier alpha value is -1.82. The monoisotopic (exact) mass is 232 g/mol. The van der Waals surface area contributed by atoms with E-state index in [1.54, 1.807) is 6.07 Å². The van der Waals surface area contributed by atoms with Gasteiger partial charge >= 0.3 is 0 Å². The zero-order valence-corrected chi connectivity index (χ0v) is 9.41. The van der Waals surface area contributed by atoms with Crippen LogP contribution in [0.5, 0.6) is 5.75 Å². The van der Waals surface area contributed by atoms with E-state index >= 15 is 0 Å². The number of halogens is 1. The molecule has 0 spiro atoms. The molecule has 2 nitrogen and oxygen atoms in total. The standard InChI is InChI=1S/C14H13FO2/c15-13-6-7-14(17-10-11-4-5-11)12(9-13)3-1-2-8-16/h6-9,11H,2,4-5,10H2. The molecule has 0 atom stereocenters. The quantitative estimate of drug-likeness (QED) is 0.589. The van der Waals surface area contributed by atoms with Gasteiger partial charge in [0.1, 0.15) is 17.9 Å². The molecule has 17 heavy (non-hydrogen) atoms. The molecule has 1 aromatic carbocycles. The van der Waals surface area contributed by atoms with Gasteiger partial charge in [0, 0.05) is 0 Å². The van der Waals surface area contributed by atoms with Crippen molar-refractivity contribution >= 4 is 6.29 Å². The molecule has 1 aromatic rings. The normalized spacial score (nSPS) is 13.7. The third-order valence-electron chi connectivity index (χ3n) is 2.52. The van der Waals surface area contributed by atoms with E-state index in [0.29, 0.717) is 23.8 Å². The lowest BCUT2D eigenvalue weighted by molar-refractivity contribution is -0.107. The maximum Gasteiger partial charge on any atom is 0.135 e. The number of benzene rings is 1. The van der Waals surface area contributed by atoms with Crippen molar-refractivity contribution in [2.75, 3.05) is 6.61 Å². The Bertz CT molecular complexity index is 467. The van der Waals surface area contributed by atoms with Crippen LogP contribution in [-0.4, -0.2) is 12.9 Å². The average molecular weight is 232 g/mol. The molecule has 1 saturated carbocycles. The topological polar surface area (TPSA) is 26.3 Å². The maximum atomic E-state index is 13.1. The van der Waals surface area contributed by atoms with Crippen molar-refractivity contribution in [2.45, 2.75) is 19.3 Å². The highest BCUT2D eigenvalue weighted by Crippen LogP contribution is 2.30. The Balaban J connectivity index is 2.11. The molecule has 0 bridgehead atoms. The Morgan fingerprint density at radius 1 is 1.47 bits per heavy atom. The van der Waals surface area contributed by atoms with Gasteiger partial charge in [0.05, 0.1) is 18.6 Å². The second kappa shape index (κ2) is 5.49. The molecule has 0 N–H and O–H groups in total. The summed E-state index contributed by atoms with van der Waals surface area (Å²) in [4.78, 5) is 10.2. The summed E-state index contributed by atoms with van der Waals surface area (Å²) in [5.41, 5.74) is 0.507. The molecule has 1 aliphatic rings. The summed E-state index contributed by atoms with van der Waals surface area (Å²) in [5.74, 6) is 6.29. The van der Waals surface area contributed by atoms with Crippen molar-refractivity contribution in [1.82, 2.24) is 0 Å². The van der Waals surface area contributed by atoms with Gasteiger partial charge in [-0.25, -0.2) is 4.39 Å². The molecule has 0 aliphatic heterocycles. The van der Waals surface area contributed by atoms with Gasteiger partial charge in [-0.3, -0.25) is 0 Å². The highest BCUT2D eigenvalue weighted by molar-refractivity contribution is 5.56. The van der Waals surface area contributed by atoms with E-state index < -0.39 is 0 Å². The van der Waals surface area contributed by atoms with Crippen LogP contribution < -0.4 is 4.74 Å². The molecule has 0 amide bonds. The molecule has 2 rings (SSSR count). The molecule has 1 fully saturated rings. The third-order valence-corrected chi connectivity index (χ3v) is 2.52. The van der Waals surface area contributed by atoms with Gasteiger partial charge < -0.3 is 9.53 Å². The fourth-order valence-electron chi connectivity index (χ4n) is 1.41. The molecular formula is C14H13FO2. The van der Waals surface area contributed by atoms with E-state index in [-0.39, 0.29) is 12.2 Å². The lowest BCUT2D eigenvalue weighted by atomic mass is 10.2. The highest BCUT2D eigenvalue weighted by Gasteiger charge is 2.22. The van der Waals surface area contributed by atoms with E-state index in [2.05, 4.69) is 11.8 Å². The molecule has 0 unspecified atom stereocenters. The third kappa shape index (κ3) is 3.60. The summed E-state index contributed by atoms with van der Waals surface area (Å²) in [7, 11) is 0. The zero-order valence-electron chi connectivity index (χ0n) is 9.41. The lowest BCUT2D eigenvalue weighted by Gasteiger charge is -2.07. The van der Waals surface area contributed by atoms with Gasteiger partial charge in [-0.1, -0.05) is 11.8 Å². The number of aldehydes is 1. The highest BCUT2D eigenvalue weighted by atomic mass is 19.1. The smallest absolute Gasteiger partial charge is 0.135 e. The Morgan fingerprint density at radius 2 is 2.29 bits per heavy atom. The van der Waals surface area contributed by atoms with Crippen molar-refractivity contribution in [3.05, 3.63) is 29.6 Å². The minimum absolute atomic E-state index is 0.151. The van der Waals surface area contributed by atoms with Gasteiger partial charge in [0.25, 0.3) is 0 Å². The van der Waals surface area contributed by atoms with Crippen LogP contribution in [0.1, 0.15) is 24.8 Å². The number of hydrogen-bond acceptors (Lipinski definition) is 2. The molecule has 0 heterocycles. The van der Waals surface area contributed by atoms with E-state index in [4.69, 9.17) is 4.74 Å². The van der Waals surface area contributed by atoms with Crippen molar-refractivity contribution in [2.24, 2.45) is 5.92 Å². The summed E-state index contributed by atoms with van der Waals surface area (Å²) in [6.45, 7) is 0.661. The van der Waals surface area contributed by atoms with Crippen molar-refractivity contribution < 1.29 is 13.9 Å². The molecule has 0 aromatic heterocycles.